The third-order valence-electron chi connectivity index (χ3n) is 2.81. The van der Waals surface area contributed by atoms with Gasteiger partial charge in [0.2, 0.25) is 0 Å². The lowest BCUT2D eigenvalue weighted by molar-refractivity contribution is -0.384. The van der Waals surface area contributed by atoms with Crippen molar-refractivity contribution in [3.05, 3.63) is 62.1 Å². The highest BCUT2D eigenvalue weighted by Crippen LogP contribution is 2.32. The molecular formula is C14H10BrN3O2. The number of nitrogens with one attached hydrogen (secondary N) is 1. The van der Waals surface area contributed by atoms with E-state index < -0.39 is 4.92 Å². The molecular weight excluding hydrogens is 322 g/mol. The highest BCUT2D eigenvalue weighted by Gasteiger charge is 2.15. The normalized spacial score (nSPS) is 9.85. The van der Waals surface area contributed by atoms with E-state index in [2.05, 4.69) is 27.3 Å². The number of hydrogen-bond acceptors (Lipinski definition) is 4. The lowest BCUT2D eigenvalue weighted by Gasteiger charge is -2.10. The molecule has 0 aliphatic carbocycles. The summed E-state index contributed by atoms with van der Waals surface area (Å²) in [6, 6.07) is 12.2. The molecule has 0 spiro atoms. The Hall–Kier alpha value is -2.39. The van der Waals surface area contributed by atoms with Crippen LogP contribution in [0.25, 0.3) is 0 Å². The van der Waals surface area contributed by atoms with Crippen molar-refractivity contribution in [3.8, 4) is 6.07 Å². The third kappa shape index (κ3) is 2.78. The maximum atomic E-state index is 11.1. The largest absolute Gasteiger partial charge is 0.349 e. The summed E-state index contributed by atoms with van der Waals surface area (Å²) >= 11 is 3.21. The number of halogens is 1. The molecule has 0 aliphatic heterocycles. The van der Waals surface area contributed by atoms with Crippen LogP contribution in [0.4, 0.5) is 17.1 Å². The first-order valence-corrected chi connectivity index (χ1v) is 6.53. The Kier molecular flexibility index (Phi) is 4.01. The number of aryl methyl sites for hydroxylation is 1. The Morgan fingerprint density at radius 2 is 2.05 bits per heavy atom. The van der Waals surface area contributed by atoms with Gasteiger partial charge in [-0.15, -0.1) is 0 Å². The van der Waals surface area contributed by atoms with Gasteiger partial charge in [-0.05, 0) is 30.7 Å². The SMILES string of the molecule is Cc1cccc(Nc2ccc(Br)cc2[N+](=O)[O-])c1C#N. The Balaban J connectivity index is 2.49. The topological polar surface area (TPSA) is 79.0 Å². The molecule has 0 saturated heterocycles. The van der Waals surface area contributed by atoms with E-state index in [0.717, 1.165) is 5.56 Å². The molecule has 5 nitrogen and oxygen atoms in total. The molecule has 0 fully saturated rings. The van der Waals surface area contributed by atoms with Crippen LogP contribution in [0.5, 0.6) is 0 Å². The summed E-state index contributed by atoms with van der Waals surface area (Å²) in [5.74, 6) is 0. The molecule has 0 bridgehead atoms. The Morgan fingerprint density at radius 3 is 2.70 bits per heavy atom. The molecule has 20 heavy (non-hydrogen) atoms. The van der Waals surface area contributed by atoms with E-state index >= 15 is 0 Å². The zero-order valence-corrected chi connectivity index (χ0v) is 12.1. The van der Waals surface area contributed by atoms with E-state index in [-0.39, 0.29) is 5.69 Å². The predicted octanol–water partition coefficient (Wildman–Crippen LogP) is 4.28. The number of rotatable bonds is 3. The van der Waals surface area contributed by atoms with E-state index in [1.54, 1.807) is 24.3 Å². The molecule has 0 unspecified atom stereocenters. The monoisotopic (exact) mass is 331 g/mol. The molecule has 2 aromatic rings. The number of nitro groups is 1. The molecule has 0 aliphatic rings. The van der Waals surface area contributed by atoms with Gasteiger partial charge >= 0.3 is 0 Å². The van der Waals surface area contributed by atoms with E-state index in [1.165, 1.54) is 6.07 Å². The average Bonchev–Trinajstić information content (AvgIpc) is 2.41. The molecule has 6 heteroatoms. The third-order valence-corrected chi connectivity index (χ3v) is 3.30. The summed E-state index contributed by atoms with van der Waals surface area (Å²) in [5.41, 5.74) is 2.14. The number of nitriles is 1. The van der Waals surface area contributed by atoms with Crippen molar-refractivity contribution in [2.24, 2.45) is 0 Å². The van der Waals surface area contributed by atoms with Crippen LogP contribution >= 0.6 is 15.9 Å². The van der Waals surface area contributed by atoms with Gasteiger partial charge in [-0.2, -0.15) is 5.26 Å². The van der Waals surface area contributed by atoms with E-state index in [9.17, 15) is 10.1 Å². The second kappa shape index (κ2) is 5.72. The van der Waals surface area contributed by atoms with Gasteiger partial charge in [-0.25, -0.2) is 0 Å². The summed E-state index contributed by atoms with van der Waals surface area (Å²) < 4.78 is 0.625. The van der Waals surface area contributed by atoms with Crippen molar-refractivity contribution in [2.75, 3.05) is 5.32 Å². The standard InChI is InChI=1S/C14H10BrN3O2/c1-9-3-2-4-12(11(9)8-16)17-13-6-5-10(15)7-14(13)18(19)20/h2-7,17H,1H3. The van der Waals surface area contributed by atoms with Gasteiger partial charge in [0.1, 0.15) is 11.8 Å². The smallest absolute Gasteiger partial charge is 0.293 e. The predicted molar refractivity (Wildman–Crippen MR) is 80.0 cm³/mol. The zero-order chi connectivity index (χ0) is 14.7. The van der Waals surface area contributed by atoms with Crippen molar-refractivity contribution < 1.29 is 4.92 Å². The van der Waals surface area contributed by atoms with Crippen LogP contribution in [0.2, 0.25) is 0 Å². The molecule has 2 rings (SSSR count). The molecule has 1 N–H and O–H groups in total. The van der Waals surface area contributed by atoms with Crippen LogP contribution in [0.3, 0.4) is 0 Å². The minimum atomic E-state index is -0.463. The quantitative estimate of drug-likeness (QED) is 0.672. The van der Waals surface area contributed by atoms with Gasteiger partial charge in [0.15, 0.2) is 0 Å². The summed E-state index contributed by atoms with van der Waals surface area (Å²) in [7, 11) is 0. The number of nitro benzene ring substituents is 1. The Bertz CT molecular complexity index is 723. The maximum Gasteiger partial charge on any atom is 0.293 e. The lowest BCUT2D eigenvalue weighted by Crippen LogP contribution is -1.99. The summed E-state index contributed by atoms with van der Waals surface area (Å²) in [6.07, 6.45) is 0. The molecule has 2 aromatic carbocycles. The Morgan fingerprint density at radius 1 is 1.30 bits per heavy atom. The minimum Gasteiger partial charge on any atom is -0.349 e. The van der Waals surface area contributed by atoms with Crippen LogP contribution in [0, 0.1) is 28.4 Å². The average molecular weight is 332 g/mol. The van der Waals surface area contributed by atoms with Crippen molar-refractivity contribution in [2.45, 2.75) is 6.92 Å². The molecule has 0 radical (unpaired) electrons. The fraction of sp³-hybridized carbons (Fsp3) is 0.0714. The zero-order valence-electron chi connectivity index (χ0n) is 10.6. The van der Waals surface area contributed by atoms with Crippen molar-refractivity contribution in [3.63, 3.8) is 0 Å². The van der Waals surface area contributed by atoms with Crippen molar-refractivity contribution in [1.29, 1.82) is 5.26 Å². The van der Waals surface area contributed by atoms with Gasteiger partial charge in [0, 0.05) is 10.5 Å². The summed E-state index contributed by atoms with van der Waals surface area (Å²) in [5, 5.41) is 23.2. The van der Waals surface area contributed by atoms with Gasteiger partial charge in [-0.3, -0.25) is 10.1 Å². The summed E-state index contributed by atoms with van der Waals surface area (Å²) in [4.78, 5) is 10.6. The molecule has 0 amide bonds. The highest BCUT2D eigenvalue weighted by molar-refractivity contribution is 9.10. The highest BCUT2D eigenvalue weighted by atomic mass is 79.9. The van der Waals surface area contributed by atoms with Crippen LogP contribution in [-0.4, -0.2) is 4.92 Å². The van der Waals surface area contributed by atoms with Crippen LogP contribution < -0.4 is 5.32 Å². The first kappa shape index (κ1) is 14.0. The maximum absolute atomic E-state index is 11.1. The second-order valence-electron chi connectivity index (χ2n) is 4.15. The van der Waals surface area contributed by atoms with Gasteiger partial charge in [0.25, 0.3) is 5.69 Å². The van der Waals surface area contributed by atoms with Crippen LogP contribution in [0.1, 0.15) is 11.1 Å². The fourth-order valence-corrected chi connectivity index (χ4v) is 2.18. The molecule has 100 valence electrons. The van der Waals surface area contributed by atoms with E-state index in [0.29, 0.717) is 21.4 Å². The van der Waals surface area contributed by atoms with E-state index in [4.69, 9.17) is 5.26 Å². The fourth-order valence-electron chi connectivity index (χ4n) is 1.83. The van der Waals surface area contributed by atoms with E-state index in [1.807, 2.05) is 13.0 Å². The Labute approximate surface area is 124 Å². The summed E-state index contributed by atoms with van der Waals surface area (Å²) in [6.45, 7) is 1.82. The first-order valence-electron chi connectivity index (χ1n) is 5.73. The number of nitrogens with zero attached hydrogens (tertiary/aromatic N) is 2. The van der Waals surface area contributed by atoms with Crippen LogP contribution in [-0.2, 0) is 0 Å². The van der Waals surface area contributed by atoms with Gasteiger partial charge in [-0.1, -0.05) is 28.1 Å². The number of anilines is 2. The first-order chi connectivity index (χ1) is 9.52. The minimum absolute atomic E-state index is 0.0511. The molecule has 0 heterocycles. The molecule has 0 saturated carbocycles. The molecule has 0 aromatic heterocycles. The van der Waals surface area contributed by atoms with Crippen molar-refractivity contribution in [1.82, 2.24) is 0 Å². The second-order valence-corrected chi connectivity index (χ2v) is 5.07. The lowest BCUT2D eigenvalue weighted by atomic mass is 10.1. The molecule has 0 atom stereocenters. The number of benzene rings is 2. The number of hydrogen-bond donors (Lipinski definition) is 1. The van der Waals surface area contributed by atoms with Crippen LogP contribution in [0.15, 0.2) is 40.9 Å². The van der Waals surface area contributed by atoms with Crippen molar-refractivity contribution >= 4 is 33.0 Å². The van der Waals surface area contributed by atoms with Gasteiger partial charge < -0.3 is 5.32 Å². The van der Waals surface area contributed by atoms with Gasteiger partial charge in [0.05, 0.1) is 16.2 Å².